The molecule has 3 nitrogen and oxygen atoms in total. The first kappa shape index (κ1) is 33.6. The van der Waals surface area contributed by atoms with E-state index in [4.69, 9.17) is 9.97 Å². The molecule has 11 rings (SSSR count). The highest BCUT2D eigenvalue weighted by molar-refractivity contribution is 6.13. The van der Waals surface area contributed by atoms with E-state index in [1.807, 2.05) is 12.4 Å². The molecular weight excluding hydrogens is 703 g/mol. The van der Waals surface area contributed by atoms with Crippen molar-refractivity contribution in [2.45, 2.75) is 0 Å². The fraction of sp³-hybridized carbons (Fsp3) is 0. The first-order valence-electron chi connectivity index (χ1n) is 19.7. The average molecular weight is 738 g/mol. The lowest BCUT2D eigenvalue weighted by Gasteiger charge is -2.14. The van der Waals surface area contributed by atoms with Crippen LogP contribution in [0.15, 0.2) is 213 Å². The van der Waals surface area contributed by atoms with Crippen molar-refractivity contribution < 1.29 is 0 Å². The van der Waals surface area contributed by atoms with Gasteiger partial charge in [-0.25, -0.2) is 9.97 Å². The number of pyridine rings is 1. The molecular formula is C55H35N3. The van der Waals surface area contributed by atoms with Gasteiger partial charge in [0.15, 0.2) is 5.82 Å². The van der Waals surface area contributed by atoms with Gasteiger partial charge in [-0.15, -0.1) is 0 Å². The molecule has 2 heterocycles. The van der Waals surface area contributed by atoms with Crippen LogP contribution in [0, 0.1) is 0 Å². The van der Waals surface area contributed by atoms with E-state index in [9.17, 15) is 0 Å². The van der Waals surface area contributed by atoms with Crippen LogP contribution in [-0.2, 0) is 0 Å². The number of rotatable bonds is 6. The smallest absolute Gasteiger partial charge is 0.160 e. The van der Waals surface area contributed by atoms with E-state index in [-0.39, 0.29) is 0 Å². The highest BCUT2D eigenvalue weighted by Gasteiger charge is 2.16. The molecule has 270 valence electrons. The Morgan fingerprint density at radius 2 is 0.828 bits per heavy atom. The molecule has 0 aliphatic rings. The normalized spacial score (nSPS) is 11.4. The summed E-state index contributed by atoms with van der Waals surface area (Å²) in [6.07, 6.45) is 3.89. The molecule has 0 amide bonds. The van der Waals surface area contributed by atoms with Gasteiger partial charge in [0.25, 0.3) is 0 Å². The number of aromatic nitrogens is 3. The zero-order valence-electron chi connectivity index (χ0n) is 31.5. The van der Waals surface area contributed by atoms with Gasteiger partial charge >= 0.3 is 0 Å². The summed E-state index contributed by atoms with van der Waals surface area (Å²) in [5.74, 6) is 0.686. The highest BCUT2D eigenvalue weighted by atomic mass is 14.9. The maximum absolute atomic E-state index is 5.33. The van der Waals surface area contributed by atoms with Gasteiger partial charge in [-0.05, 0) is 95.9 Å². The van der Waals surface area contributed by atoms with Crippen LogP contribution in [0.1, 0.15) is 0 Å². The van der Waals surface area contributed by atoms with Gasteiger partial charge in [0, 0.05) is 40.0 Å². The summed E-state index contributed by atoms with van der Waals surface area (Å²) in [7, 11) is 0. The van der Waals surface area contributed by atoms with Crippen molar-refractivity contribution in [2.75, 3.05) is 0 Å². The van der Waals surface area contributed by atoms with Crippen molar-refractivity contribution in [3.63, 3.8) is 0 Å². The molecule has 3 heteroatoms. The molecule has 58 heavy (non-hydrogen) atoms. The van der Waals surface area contributed by atoms with E-state index < -0.39 is 0 Å². The summed E-state index contributed by atoms with van der Waals surface area (Å²) in [6, 6.07) is 71.3. The van der Waals surface area contributed by atoms with Gasteiger partial charge in [-0.1, -0.05) is 170 Å². The molecule has 0 fully saturated rings. The zero-order valence-corrected chi connectivity index (χ0v) is 31.5. The highest BCUT2D eigenvalue weighted by Crippen LogP contribution is 2.38. The third-order valence-electron chi connectivity index (χ3n) is 11.3. The second-order valence-electron chi connectivity index (χ2n) is 14.9. The summed E-state index contributed by atoms with van der Waals surface area (Å²) < 4.78 is 0. The van der Waals surface area contributed by atoms with Crippen LogP contribution in [0.4, 0.5) is 0 Å². The van der Waals surface area contributed by atoms with Crippen molar-refractivity contribution in [3.8, 4) is 67.3 Å². The summed E-state index contributed by atoms with van der Waals surface area (Å²) in [6.45, 7) is 0. The SMILES string of the molecule is c1cc(-c2cccc(-c3cncc4ccccc34)c2)cc(-c2cc(-c3cc4ccccc4c4ccccc34)nc(-c3ccc(-c4ccc5ccccc5c4)cc3)n2)c1. The number of fused-ring (bicyclic) bond motifs is 5. The third kappa shape index (κ3) is 6.07. The zero-order chi connectivity index (χ0) is 38.4. The van der Waals surface area contributed by atoms with Crippen LogP contribution in [0.3, 0.4) is 0 Å². The monoisotopic (exact) mass is 737 g/mol. The Bertz CT molecular complexity index is 3340. The molecule has 11 aromatic rings. The quantitative estimate of drug-likeness (QED) is 0.160. The van der Waals surface area contributed by atoms with E-state index in [1.165, 1.54) is 37.9 Å². The Balaban J connectivity index is 1.05. The van der Waals surface area contributed by atoms with E-state index in [0.29, 0.717) is 5.82 Å². The summed E-state index contributed by atoms with van der Waals surface area (Å²) in [5, 5.41) is 9.57. The summed E-state index contributed by atoms with van der Waals surface area (Å²) in [4.78, 5) is 15.2. The number of nitrogens with zero attached hydrogens (tertiary/aromatic N) is 3. The second kappa shape index (κ2) is 14.1. The predicted octanol–water partition coefficient (Wildman–Crippen LogP) is 14.5. The lowest BCUT2D eigenvalue weighted by Crippen LogP contribution is -1.97. The Kier molecular flexibility index (Phi) is 8.15. The van der Waals surface area contributed by atoms with Crippen LogP contribution in [0.25, 0.3) is 110 Å². The lowest BCUT2D eigenvalue weighted by molar-refractivity contribution is 1.19. The molecule has 0 saturated heterocycles. The van der Waals surface area contributed by atoms with Crippen molar-refractivity contribution in [2.24, 2.45) is 0 Å². The third-order valence-corrected chi connectivity index (χ3v) is 11.3. The van der Waals surface area contributed by atoms with Gasteiger partial charge in [0.05, 0.1) is 11.4 Å². The summed E-state index contributed by atoms with van der Waals surface area (Å²) in [5.41, 5.74) is 11.7. The van der Waals surface area contributed by atoms with Crippen LogP contribution in [0.5, 0.6) is 0 Å². The van der Waals surface area contributed by atoms with Crippen molar-refractivity contribution in [1.29, 1.82) is 0 Å². The fourth-order valence-corrected chi connectivity index (χ4v) is 8.38. The minimum atomic E-state index is 0.686. The maximum Gasteiger partial charge on any atom is 0.160 e. The molecule has 2 aromatic heterocycles. The molecule has 0 atom stereocenters. The van der Waals surface area contributed by atoms with Crippen LogP contribution in [0.2, 0.25) is 0 Å². The molecule has 0 spiro atoms. The second-order valence-corrected chi connectivity index (χ2v) is 14.9. The molecule has 0 aliphatic heterocycles. The van der Waals surface area contributed by atoms with Crippen LogP contribution >= 0.6 is 0 Å². The van der Waals surface area contributed by atoms with E-state index >= 15 is 0 Å². The topological polar surface area (TPSA) is 38.7 Å². The van der Waals surface area contributed by atoms with Gasteiger partial charge < -0.3 is 0 Å². The maximum atomic E-state index is 5.33. The molecule has 0 saturated carbocycles. The first-order chi connectivity index (χ1) is 28.7. The number of hydrogen-bond donors (Lipinski definition) is 0. The Labute approximate surface area is 336 Å². The van der Waals surface area contributed by atoms with Crippen molar-refractivity contribution in [1.82, 2.24) is 15.0 Å². The van der Waals surface area contributed by atoms with E-state index in [0.717, 1.165) is 66.7 Å². The van der Waals surface area contributed by atoms with Gasteiger partial charge in [-0.2, -0.15) is 0 Å². The largest absolute Gasteiger partial charge is 0.263 e. The van der Waals surface area contributed by atoms with Crippen molar-refractivity contribution >= 4 is 43.1 Å². The average Bonchev–Trinajstić information content (AvgIpc) is 3.31. The standard InChI is InChI=1S/C55H35N3/c1-2-12-39-29-42(28-25-36(39)11-1)37-23-26-38(27-24-37)55-57-53(33-54(58-55)51-32-44-13-3-5-19-47(44)49-21-7-8-22-50(49)51)45-18-10-16-41(31-45)40-15-9-17-43(30-40)52-35-56-34-46-14-4-6-20-48(46)52/h1-35H. The molecule has 0 aliphatic carbocycles. The van der Waals surface area contributed by atoms with Crippen molar-refractivity contribution in [3.05, 3.63) is 213 Å². The molecule has 9 aromatic carbocycles. The minimum absolute atomic E-state index is 0.686. The number of benzene rings is 9. The molecule has 0 bridgehead atoms. The number of hydrogen-bond acceptors (Lipinski definition) is 3. The van der Waals surface area contributed by atoms with Gasteiger partial charge in [-0.3, -0.25) is 4.98 Å². The Hall–Kier alpha value is -7.75. The summed E-state index contributed by atoms with van der Waals surface area (Å²) >= 11 is 0. The lowest BCUT2D eigenvalue weighted by atomic mass is 9.94. The Morgan fingerprint density at radius 1 is 0.259 bits per heavy atom. The first-order valence-corrected chi connectivity index (χ1v) is 19.7. The Morgan fingerprint density at radius 3 is 1.64 bits per heavy atom. The van der Waals surface area contributed by atoms with Gasteiger partial charge in [0.1, 0.15) is 0 Å². The molecule has 0 radical (unpaired) electrons. The fourth-order valence-electron chi connectivity index (χ4n) is 8.38. The van der Waals surface area contributed by atoms with E-state index in [1.54, 1.807) is 0 Å². The molecule has 0 N–H and O–H groups in total. The van der Waals surface area contributed by atoms with E-state index in [2.05, 4.69) is 205 Å². The van der Waals surface area contributed by atoms with Crippen LogP contribution in [-0.4, -0.2) is 15.0 Å². The molecule has 0 unspecified atom stereocenters. The minimum Gasteiger partial charge on any atom is -0.263 e. The van der Waals surface area contributed by atoms with Crippen LogP contribution < -0.4 is 0 Å². The van der Waals surface area contributed by atoms with Gasteiger partial charge in [0.2, 0.25) is 0 Å². The predicted molar refractivity (Wildman–Crippen MR) is 242 cm³/mol.